The van der Waals surface area contributed by atoms with Crippen LogP contribution in [-0.4, -0.2) is 24.7 Å². The molecule has 2 unspecified atom stereocenters. The predicted octanol–water partition coefficient (Wildman–Crippen LogP) is 7.35. The van der Waals surface area contributed by atoms with Crippen molar-refractivity contribution in [3.63, 3.8) is 0 Å². The minimum Gasteiger partial charge on any atom is -0.302 e. The molecule has 6 rings (SSSR count). The number of hydrogen-bond acceptors (Lipinski definition) is 1. The summed E-state index contributed by atoms with van der Waals surface area (Å²) in [5.74, 6) is 0.584. The molecule has 1 saturated carbocycles. The van der Waals surface area contributed by atoms with Crippen LogP contribution in [0.2, 0.25) is 0 Å². The Morgan fingerprint density at radius 1 is 0.537 bits per heavy atom. The lowest BCUT2D eigenvalue weighted by atomic mass is 9.90. The lowest BCUT2D eigenvalue weighted by Crippen LogP contribution is -2.37. The number of nitrogens with zero attached hydrogens (tertiary/aromatic N) is 1. The molecule has 3 heteroatoms. The van der Waals surface area contributed by atoms with Crippen molar-refractivity contribution in [2.75, 3.05) is 14.1 Å². The molecule has 1 aliphatic rings. The van der Waals surface area contributed by atoms with E-state index in [0.717, 1.165) is 0 Å². The second-order valence-electron chi connectivity index (χ2n) is 11.2. The highest BCUT2D eigenvalue weighted by Gasteiger charge is 2.42. The monoisotopic (exact) mass is 571 g/mol. The van der Waals surface area contributed by atoms with Crippen molar-refractivity contribution >= 4 is 42.4 Å². The van der Waals surface area contributed by atoms with E-state index >= 15 is 0 Å². The molecule has 0 aromatic heterocycles. The number of hydrogen-bond donors (Lipinski definition) is 0. The van der Waals surface area contributed by atoms with Crippen LogP contribution in [0.4, 0.5) is 0 Å². The first-order valence-electron chi connectivity index (χ1n) is 14.8. The molecule has 0 saturated heterocycles. The molecule has 0 heterocycles. The summed E-state index contributed by atoms with van der Waals surface area (Å²) in [4.78, 5) is 2.52. The van der Waals surface area contributed by atoms with Crippen LogP contribution in [0, 0.1) is 5.92 Å². The number of rotatable bonds is 9. The molecule has 1 nitrogen and oxygen atoms in total. The van der Waals surface area contributed by atoms with Crippen molar-refractivity contribution in [1.29, 1.82) is 0 Å². The SMILES string of the molecule is CN(C)[C@H](c1ccccc1P(c1ccccc1)c1ccccc1)C1CCCC1P(c1ccccc1)c1ccccc1. The van der Waals surface area contributed by atoms with Crippen molar-refractivity contribution in [3.05, 3.63) is 151 Å². The molecular formula is C38H39NP2. The quantitative estimate of drug-likeness (QED) is 0.167. The first kappa shape index (κ1) is 28.1. The van der Waals surface area contributed by atoms with Crippen LogP contribution in [0.1, 0.15) is 30.9 Å². The molecular weight excluding hydrogens is 532 g/mol. The Morgan fingerprint density at radius 2 is 0.976 bits per heavy atom. The van der Waals surface area contributed by atoms with Gasteiger partial charge in [-0.3, -0.25) is 0 Å². The molecule has 1 aliphatic carbocycles. The summed E-state index contributed by atoms with van der Waals surface area (Å²) in [6.07, 6.45) is 3.86. The van der Waals surface area contributed by atoms with Gasteiger partial charge >= 0.3 is 0 Å². The van der Waals surface area contributed by atoms with Crippen molar-refractivity contribution in [2.45, 2.75) is 31.0 Å². The van der Waals surface area contributed by atoms with Crippen molar-refractivity contribution < 1.29 is 0 Å². The van der Waals surface area contributed by atoms with E-state index in [-0.39, 0.29) is 0 Å². The molecule has 5 aromatic carbocycles. The lowest BCUT2D eigenvalue weighted by molar-refractivity contribution is 0.218. The zero-order valence-electron chi connectivity index (χ0n) is 24.1. The Balaban J connectivity index is 1.47. The molecule has 0 bridgehead atoms. The third-order valence-electron chi connectivity index (χ3n) is 8.42. The molecule has 0 N–H and O–H groups in total. The number of benzene rings is 5. The first-order valence-corrected chi connectivity index (χ1v) is 17.5. The van der Waals surface area contributed by atoms with Crippen LogP contribution in [0.5, 0.6) is 0 Å². The maximum Gasteiger partial charge on any atom is 0.0383 e. The highest BCUT2D eigenvalue weighted by Crippen LogP contribution is 2.54. The summed E-state index contributed by atoms with van der Waals surface area (Å²) < 4.78 is 0. The van der Waals surface area contributed by atoms with Crippen LogP contribution in [0.15, 0.2) is 146 Å². The van der Waals surface area contributed by atoms with Gasteiger partial charge in [-0.1, -0.05) is 152 Å². The fourth-order valence-corrected chi connectivity index (χ4v) is 12.5. The summed E-state index contributed by atoms with van der Waals surface area (Å²) in [6.45, 7) is 0. The fourth-order valence-electron chi connectivity index (χ4n) is 6.78. The van der Waals surface area contributed by atoms with Gasteiger partial charge < -0.3 is 4.90 Å². The molecule has 0 radical (unpaired) electrons. The average Bonchev–Trinajstić information content (AvgIpc) is 3.49. The van der Waals surface area contributed by atoms with Crippen molar-refractivity contribution in [2.24, 2.45) is 5.92 Å². The molecule has 0 spiro atoms. The second-order valence-corrected chi connectivity index (χ2v) is 15.8. The Kier molecular flexibility index (Phi) is 9.08. The largest absolute Gasteiger partial charge is 0.302 e. The van der Waals surface area contributed by atoms with Crippen LogP contribution < -0.4 is 26.5 Å². The fraction of sp³-hybridized carbons (Fsp3) is 0.211. The van der Waals surface area contributed by atoms with Crippen molar-refractivity contribution in [1.82, 2.24) is 4.90 Å². The third kappa shape index (κ3) is 6.10. The zero-order valence-corrected chi connectivity index (χ0v) is 25.8. The molecule has 0 amide bonds. The van der Waals surface area contributed by atoms with E-state index in [2.05, 4.69) is 165 Å². The standard InChI is InChI=1S/C38H39NP2/c1-39(2)38(35-27-17-29-37(35)41(32-22-11-5-12-23-32)33-24-13-6-14-25-33)34-26-15-16-28-36(34)40(30-18-7-3-8-19-30)31-20-9-4-10-21-31/h3-16,18-26,28,35,37-38H,17,27,29H2,1-2H3/t35?,37?,38-/m1/s1. The van der Waals surface area contributed by atoms with E-state index in [0.29, 0.717) is 17.6 Å². The maximum atomic E-state index is 2.52. The predicted molar refractivity (Wildman–Crippen MR) is 182 cm³/mol. The van der Waals surface area contributed by atoms with Gasteiger partial charge in [0.2, 0.25) is 0 Å². The third-order valence-corrected chi connectivity index (χ3v) is 14.0. The Bertz CT molecular complexity index is 1430. The van der Waals surface area contributed by atoms with E-state index in [1.165, 1.54) is 51.3 Å². The van der Waals surface area contributed by atoms with Gasteiger partial charge in [0.05, 0.1) is 0 Å². The smallest absolute Gasteiger partial charge is 0.0383 e. The average molecular weight is 572 g/mol. The Morgan fingerprint density at radius 3 is 1.46 bits per heavy atom. The topological polar surface area (TPSA) is 3.24 Å². The van der Waals surface area contributed by atoms with E-state index in [1.54, 1.807) is 0 Å². The van der Waals surface area contributed by atoms with Gasteiger partial charge in [0.15, 0.2) is 0 Å². The molecule has 206 valence electrons. The minimum atomic E-state index is -0.677. The summed E-state index contributed by atoms with van der Waals surface area (Å²) in [5.41, 5.74) is 2.14. The van der Waals surface area contributed by atoms with E-state index in [9.17, 15) is 0 Å². The van der Waals surface area contributed by atoms with Crippen LogP contribution >= 0.6 is 15.8 Å². The molecule has 1 fully saturated rings. The van der Waals surface area contributed by atoms with Gasteiger partial charge in [0.25, 0.3) is 0 Å². The minimum absolute atomic E-state index is 0.355. The molecule has 5 aromatic rings. The normalized spacial score (nSPS) is 17.8. The Labute approximate surface area is 248 Å². The Hall–Kier alpha value is -3.08. The second kappa shape index (κ2) is 13.3. The van der Waals surface area contributed by atoms with Crippen LogP contribution in [0.25, 0.3) is 0 Å². The first-order chi connectivity index (χ1) is 20.2. The zero-order chi connectivity index (χ0) is 28.0. The van der Waals surface area contributed by atoms with Gasteiger partial charge in [-0.05, 0) is 86.4 Å². The van der Waals surface area contributed by atoms with Gasteiger partial charge in [0, 0.05) is 6.04 Å². The lowest BCUT2D eigenvalue weighted by Gasteiger charge is -2.39. The summed E-state index contributed by atoms with van der Waals surface area (Å²) in [7, 11) is 3.46. The van der Waals surface area contributed by atoms with E-state index < -0.39 is 15.8 Å². The molecule has 3 atom stereocenters. The maximum absolute atomic E-state index is 2.52. The van der Waals surface area contributed by atoms with Crippen molar-refractivity contribution in [3.8, 4) is 0 Å². The van der Waals surface area contributed by atoms with E-state index in [4.69, 9.17) is 0 Å². The van der Waals surface area contributed by atoms with E-state index in [1.807, 2.05) is 0 Å². The summed E-state index contributed by atoms with van der Waals surface area (Å²) >= 11 is 0. The highest BCUT2D eigenvalue weighted by molar-refractivity contribution is 7.80. The van der Waals surface area contributed by atoms with Gasteiger partial charge in [-0.15, -0.1) is 0 Å². The highest BCUT2D eigenvalue weighted by atomic mass is 31.1. The summed E-state index contributed by atoms with van der Waals surface area (Å²) in [5, 5.41) is 7.34. The van der Waals surface area contributed by atoms with Gasteiger partial charge in [-0.25, -0.2) is 0 Å². The van der Waals surface area contributed by atoms with Gasteiger partial charge in [-0.2, -0.15) is 0 Å². The van der Waals surface area contributed by atoms with Gasteiger partial charge in [0.1, 0.15) is 0 Å². The molecule has 0 aliphatic heterocycles. The molecule has 41 heavy (non-hydrogen) atoms. The van der Waals surface area contributed by atoms with Crippen LogP contribution in [-0.2, 0) is 0 Å². The van der Waals surface area contributed by atoms with Crippen LogP contribution in [0.3, 0.4) is 0 Å². The summed E-state index contributed by atoms with van der Waals surface area (Å²) in [6, 6.07) is 54.8.